The molecule has 21 heavy (non-hydrogen) atoms. The summed E-state index contributed by atoms with van der Waals surface area (Å²) in [6, 6.07) is 5.95. The highest BCUT2D eigenvalue weighted by Gasteiger charge is 2.25. The maximum absolute atomic E-state index is 11.5. The Morgan fingerprint density at radius 2 is 2.33 bits per heavy atom. The van der Waals surface area contributed by atoms with E-state index in [1.165, 1.54) is 4.88 Å². The van der Waals surface area contributed by atoms with Crippen LogP contribution in [0.2, 0.25) is 5.02 Å². The second kappa shape index (κ2) is 6.08. The zero-order chi connectivity index (χ0) is 15.0. The van der Waals surface area contributed by atoms with Crippen molar-refractivity contribution >= 4 is 50.5 Å². The smallest absolute Gasteiger partial charge is 0.228 e. The van der Waals surface area contributed by atoms with E-state index in [2.05, 4.69) is 38.9 Å². The number of benzene rings is 1. The van der Waals surface area contributed by atoms with Crippen LogP contribution in [0.15, 0.2) is 28.1 Å². The summed E-state index contributed by atoms with van der Waals surface area (Å²) >= 11 is 11.7. The van der Waals surface area contributed by atoms with Gasteiger partial charge in [-0.15, -0.1) is 11.3 Å². The highest BCUT2D eigenvalue weighted by molar-refractivity contribution is 9.10. The van der Waals surface area contributed by atoms with Crippen molar-refractivity contribution in [2.45, 2.75) is 19.4 Å². The molecule has 2 aromatic rings. The molecule has 3 rings (SSSR count). The summed E-state index contributed by atoms with van der Waals surface area (Å²) in [7, 11) is 0. The Labute approximate surface area is 140 Å². The fourth-order valence-corrected chi connectivity index (χ4v) is 4.51. The highest BCUT2D eigenvalue weighted by Crippen LogP contribution is 2.39. The number of fused-ring (bicyclic) bond motifs is 1. The molecular weight excluding hydrogens is 372 g/mol. The van der Waals surface area contributed by atoms with E-state index in [1.807, 2.05) is 18.2 Å². The molecule has 1 aromatic carbocycles. The number of carbonyl (C=O) groups is 1. The molecule has 1 aliphatic heterocycles. The van der Waals surface area contributed by atoms with Gasteiger partial charge in [-0.3, -0.25) is 4.79 Å². The van der Waals surface area contributed by atoms with Gasteiger partial charge in [-0.1, -0.05) is 18.5 Å². The van der Waals surface area contributed by atoms with Gasteiger partial charge in [0.2, 0.25) is 5.91 Å². The molecule has 6 heteroatoms. The first-order valence-corrected chi connectivity index (χ1v) is 8.73. The van der Waals surface area contributed by atoms with E-state index < -0.39 is 0 Å². The number of hydrogen-bond acceptors (Lipinski definition) is 3. The number of carbonyl (C=O) groups excluding carboxylic acids is 1. The van der Waals surface area contributed by atoms with Gasteiger partial charge in [0.25, 0.3) is 0 Å². The van der Waals surface area contributed by atoms with Crippen LogP contribution in [0.1, 0.15) is 29.0 Å². The van der Waals surface area contributed by atoms with Crippen LogP contribution in [-0.2, 0) is 11.2 Å². The van der Waals surface area contributed by atoms with Crippen molar-refractivity contribution in [3.63, 3.8) is 0 Å². The van der Waals surface area contributed by atoms with E-state index in [1.54, 1.807) is 11.3 Å². The summed E-state index contributed by atoms with van der Waals surface area (Å²) < 4.78 is 1.07. The first kappa shape index (κ1) is 15.0. The van der Waals surface area contributed by atoms with Crippen LogP contribution in [0, 0.1) is 0 Å². The third kappa shape index (κ3) is 2.88. The average Bonchev–Trinajstić information content (AvgIpc) is 3.00. The number of thiophene rings is 1. The van der Waals surface area contributed by atoms with Crippen molar-refractivity contribution in [2.75, 3.05) is 11.9 Å². The van der Waals surface area contributed by atoms with Crippen LogP contribution < -0.4 is 10.6 Å². The first-order chi connectivity index (χ1) is 10.1. The van der Waals surface area contributed by atoms with Crippen LogP contribution in [0.3, 0.4) is 0 Å². The summed E-state index contributed by atoms with van der Waals surface area (Å²) in [4.78, 5) is 12.7. The minimum Gasteiger partial charge on any atom is -0.325 e. The van der Waals surface area contributed by atoms with Crippen molar-refractivity contribution in [2.24, 2.45) is 0 Å². The molecule has 1 aliphatic rings. The highest BCUT2D eigenvalue weighted by atomic mass is 79.9. The lowest BCUT2D eigenvalue weighted by Crippen LogP contribution is -2.22. The third-order valence-electron chi connectivity index (χ3n) is 3.47. The Hall–Kier alpha value is -0.880. The molecular formula is C15H14BrClN2OS. The molecule has 0 aliphatic carbocycles. The molecule has 1 atom stereocenters. The Morgan fingerprint density at radius 1 is 1.52 bits per heavy atom. The third-order valence-corrected chi connectivity index (χ3v) is 5.74. The number of amides is 1. The van der Waals surface area contributed by atoms with E-state index in [-0.39, 0.29) is 11.9 Å². The van der Waals surface area contributed by atoms with Crippen molar-refractivity contribution < 1.29 is 4.79 Å². The van der Waals surface area contributed by atoms with E-state index in [9.17, 15) is 4.79 Å². The Morgan fingerprint density at radius 3 is 3.00 bits per heavy atom. The summed E-state index contributed by atoms with van der Waals surface area (Å²) in [6.07, 6.45) is 0.421. The molecule has 3 nitrogen and oxygen atoms in total. The number of anilines is 1. The minimum absolute atomic E-state index is 0.0236. The normalized spacial score (nSPS) is 14.9. The van der Waals surface area contributed by atoms with Gasteiger partial charge in [0.05, 0.1) is 12.5 Å². The summed E-state index contributed by atoms with van der Waals surface area (Å²) in [5, 5.41) is 9.03. The molecule has 0 spiro atoms. The van der Waals surface area contributed by atoms with E-state index in [4.69, 9.17) is 11.6 Å². The number of hydrogen-bond donors (Lipinski definition) is 2. The number of rotatable bonds is 4. The number of halogens is 2. The van der Waals surface area contributed by atoms with Crippen LogP contribution in [0.5, 0.6) is 0 Å². The van der Waals surface area contributed by atoms with Gasteiger partial charge in [0.1, 0.15) is 0 Å². The SMILES string of the molecule is CCNC(c1cc2c(cc1Cl)NC(=O)C2)c1sccc1Br. The average molecular weight is 386 g/mol. The Kier molecular flexibility index (Phi) is 4.36. The second-order valence-electron chi connectivity index (χ2n) is 4.88. The molecule has 0 saturated heterocycles. The molecule has 0 radical (unpaired) electrons. The molecule has 1 aromatic heterocycles. The van der Waals surface area contributed by atoms with Gasteiger partial charge in [-0.05, 0) is 57.2 Å². The topological polar surface area (TPSA) is 41.1 Å². The minimum atomic E-state index is 0.0236. The van der Waals surface area contributed by atoms with Crippen molar-refractivity contribution in [3.05, 3.63) is 49.1 Å². The van der Waals surface area contributed by atoms with Crippen molar-refractivity contribution in [1.29, 1.82) is 0 Å². The predicted octanol–water partition coefficient (Wildman–Crippen LogP) is 4.36. The maximum atomic E-state index is 11.5. The van der Waals surface area contributed by atoms with E-state index in [0.29, 0.717) is 11.4 Å². The number of nitrogens with one attached hydrogen (secondary N) is 2. The quantitative estimate of drug-likeness (QED) is 0.821. The van der Waals surface area contributed by atoms with E-state index in [0.717, 1.165) is 27.8 Å². The lowest BCUT2D eigenvalue weighted by atomic mass is 10.0. The zero-order valence-corrected chi connectivity index (χ0v) is 14.5. The molecule has 1 unspecified atom stereocenters. The standard InChI is InChI=1S/C15H14BrClN2OS/c1-2-18-14(15-10(16)3-4-21-15)9-5-8-6-13(20)19-12(8)7-11(9)17/h3-5,7,14,18H,2,6H2,1H3,(H,19,20). The summed E-state index contributed by atoms with van der Waals surface area (Å²) in [5.74, 6) is 0.0236. The molecule has 0 bridgehead atoms. The fraction of sp³-hybridized carbons (Fsp3) is 0.267. The van der Waals surface area contributed by atoms with E-state index >= 15 is 0 Å². The van der Waals surface area contributed by atoms with Crippen LogP contribution >= 0.6 is 38.9 Å². The molecule has 0 saturated carbocycles. The predicted molar refractivity (Wildman–Crippen MR) is 91.3 cm³/mol. The fourth-order valence-electron chi connectivity index (χ4n) is 2.55. The zero-order valence-electron chi connectivity index (χ0n) is 11.4. The molecule has 110 valence electrons. The molecule has 1 amide bonds. The van der Waals surface area contributed by atoms with Crippen molar-refractivity contribution in [1.82, 2.24) is 5.32 Å². The monoisotopic (exact) mass is 384 g/mol. The van der Waals surface area contributed by atoms with Gasteiger partial charge in [-0.25, -0.2) is 0 Å². The molecule has 2 heterocycles. The van der Waals surface area contributed by atoms with Gasteiger partial charge in [0.15, 0.2) is 0 Å². The van der Waals surface area contributed by atoms with Crippen LogP contribution in [-0.4, -0.2) is 12.5 Å². The summed E-state index contributed by atoms with van der Waals surface area (Å²) in [6.45, 7) is 2.90. The van der Waals surface area contributed by atoms with Gasteiger partial charge >= 0.3 is 0 Å². The lowest BCUT2D eigenvalue weighted by molar-refractivity contribution is -0.115. The Balaban J connectivity index is 2.07. The molecule has 0 fully saturated rings. The first-order valence-electron chi connectivity index (χ1n) is 6.68. The maximum Gasteiger partial charge on any atom is 0.228 e. The van der Waals surface area contributed by atoms with Crippen LogP contribution in [0.4, 0.5) is 5.69 Å². The van der Waals surface area contributed by atoms with Gasteiger partial charge in [0, 0.05) is 20.1 Å². The second-order valence-corrected chi connectivity index (χ2v) is 7.09. The lowest BCUT2D eigenvalue weighted by Gasteiger charge is -2.20. The molecule has 2 N–H and O–H groups in total. The largest absolute Gasteiger partial charge is 0.325 e. The van der Waals surface area contributed by atoms with Gasteiger partial charge in [-0.2, -0.15) is 0 Å². The van der Waals surface area contributed by atoms with Gasteiger partial charge < -0.3 is 10.6 Å². The summed E-state index contributed by atoms with van der Waals surface area (Å²) in [5.41, 5.74) is 2.85. The van der Waals surface area contributed by atoms with Crippen LogP contribution in [0.25, 0.3) is 0 Å². The van der Waals surface area contributed by atoms with Crippen molar-refractivity contribution in [3.8, 4) is 0 Å². The Bertz CT molecular complexity index is 701.